The molecule has 0 spiro atoms. The van der Waals surface area contributed by atoms with Crippen molar-refractivity contribution >= 4 is 76.0 Å². The smallest absolute Gasteiger partial charge is 0.272 e. The Labute approximate surface area is 287 Å². The summed E-state index contributed by atoms with van der Waals surface area (Å²) in [5.74, 6) is -0.884. The van der Waals surface area contributed by atoms with Crippen molar-refractivity contribution < 1.29 is 14.4 Å². The molecule has 0 radical (unpaired) electrons. The number of benzene rings is 5. The third-order valence-electron chi connectivity index (χ3n) is 7.38. The van der Waals surface area contributed by atoms with Gasteiger partial charge in [0.05, 0.1) is 16.6 Å². The second kappa shape index (κ2) is 14.8. The van der Waals surface area contributed by atoms with Crippen molar-refractivity contribution in [2.45, 2.75) is 33.3 Å². The van der Waals surface area contributed by atoms with Gasteiger partial charge in [0, 0.05) is 31.0 Å². The second-order valence-electron chi connectivity index (χ2n) is 10.6. The lowest BCUT2D eigenvalue weighted by Gasteiger charge is -2.33. The van der Waals surface area contributed by atoms with Gasteiger partial charge in [-0.25, -0.2) is 0 Å². The zero-order valence-corrected chi connectivity index (χ0v) is 27.7. The Kier molecular flexibility index (Phi) is 10.1. The van der Waals surface area contributed by atoms with Gasteiger partial charge in [-0.05, 0) is 90.9 Å². The van der Waals surface area contributed by atoms with Gasteiger partial charge in [0.15, 0.2) is 0 Å². The summed E-state index contributed by atoms with van der Waals surface area (Å²) >= 11 is 9.33. The van der Waals surface area contributed by atoms with Crippen LogP contribution in [0, 0.1) is 0 Å². The van der Waals surface area contributed by atoms with Gasteiger partial charge in [-0.15, -0.1) is 11.8 Å². The predicted molar refractivity (Wildman–Crippen MR) is 192 cm³/mol. The van der Waals surface area contributed by atoms with Crippen LogP contribution in [0.5, 0.6) is 0 Å². The quantitative estimate of drug-likeness (QED) is 0.120. The normalized spacial score (nSPS) is 12.8. The van der Waals surface area contributed by atoms with Crippen molar-refractivity contribution in [2.24, 2.45) is 0 Å². The number of halogens is 1. The van der Waals surface area contributed by atoms with Crippen LogP contribution in [0.25, 0.3) is 6.08 Å². The molecule has 1 unspecified atom stereocenters. The van der Waals surface area contributed by atoms with Crippen LogP contribution in [-0.2, 0) is 9.59 Å². The van der Waals surface area contributed by atoms with E-state index >= 15 is 0 Å². The van der Waals surface area contributed by atoms with Crippen LogP contribution < -0.4 is 15.5 Å². The summed E-state index contributed by atoms with van der Waals surface area (Å²) in [5.41, 5.74) is 3.47. The maximum Gasteiger partial charge on any atom is 0.272 e. The van der Waals surface area contributed by atoms with E-state index in [9.17, 15) is 14.4 Å². The summed E-state index contributed by atoms with van der Waals surface area (Å²) in [6.07, 6.45) is 2.22. The fourth-order valence-corrected chi connectivity index (χ4v) is 7.33. The molecule has 0 aliphatic carbocycles. The van der Waals surface area contributed by atoms with E-state index in [1.165, 1.54) is 11.8 Å². The Morgan fingerprint density at radius 2 is 1.45 bits per heavy atom. The van der Waals surface area contributed by atoms with E-state index in [0.717, 1.165) is 26.1 Å². The SMILES string of the molecule is CCC(Sc1ccc(NC(=O)/C(=C/c2cccc(Cl)c2)NC(=O)c2ccccc2)cc1)C(=O)N1c2ccccc2Sc2ccccc21. The summed E-state index contributed by atoms with van der Waals surface area (Å²) in [5, 5.41) is 5.80. The molecule has 9 heteroatoms. The van der Waals surface area contributed by atoms with Gasteiger partial charge < -0.3 is 10.6 Å². The minimum atomic E-state index is -0.489. The molecule has 0 bridgehead atoms. The highest BCUT2D eigenvalue weighted by molar-refractivity contribution is 8.00. The van der Waals surface area contributed by atoms with Crippen LogP contribution in [0.3, 0.4) is 0 Å². The Hall–Kier alpha value is -4.76. The van der Waals surface area contributed by atoms with Crippen LogP contribution in [-0.4, -0.2) is 23.0 Å². The molecule has 0 fully saturated rings. The van der Waals surface area contributed by atoms with Crippen LogP contribution >= 0.6 is 35.1 Å². The third-order valence-corrected chi connectivity index (χ3v) is 10.1. The minimum Gasteiger partial charge on any atom is -0.321 e. The van der Waals surface area contributed by atoms with E-state index in [0.29, 0.717) is 28.3 Å². The van der Waals surface area contributed by atoms with Crippen LogP contribution in [0.4, 0.5) is 17.1 Å². The van der Waals surface area contributed by atoms with E-state index < -0.39 is 11.8 Å². The zero-order valence-electron chi connectivity index (χ0n) is 25.4. The number of fused-ring (bicyclic) bond motifs is 2. The molecule has 6 rings (SSSR count). The third kappa shape index (κ3) is 7.63. The number of rotatable bonds is 9. The lowest BCUT2D eigenvalue weighted by Crippen LogP contribution is -2.35. The molecular weight excluding hydrogens is 646 g/mol. The summed E-state index contributed by atoms with van der Waals surface area (Å²) < 4.78 is 0. The second-order valence-corrected chi connectivity index (χ2v) is 13.4. The van der Waals surface area contributed by atoms with Gasteiger partial charge in [-0.3, -0.25) is 19.3 Å². The Balaban J connectivity index is 1.18. The summed E-state index contributed by atoms with van der Waals surface area (Å²) in [6.45, 7) is 2.01. The summed E-state index contributed by atoms with van der Waals surface area (Å²) in [7, 11) is 0. The largest absolute Gasteiger partial charge is 0.321 e. The molecule has 1 aliphatic rings. The van der Waals surface area contributed by atoms with E-state index in [2.05, 4.69) is 10.6 Å². The van der Waals surface area contributed by atoms with Crippen molar-refractivity contribution in [3.8, 4) is 0 Å². The van der Waals surface area contributed by atoms with E-state index in [4.69, 9.17) is 11.6 Å². The van der Waals surface area contributed by atoms with Gasteiger partial charge in [-0.2, -0.15) is 0 Å². The molecule has 3 amide bonds. The van der Waals surface area contributed by atoms with Gasteiger partial charge in [-0.1, -0.05) is 84.9 Å². The topological polar surface area (TPSA) is 78.5 Å². The molecule has 1 atom stereocenters. The first-order chi connectivity index (χ1) is 22.9. The Bertz CT molecular complexity index is 1920. The van der Waals surface area contributed by atoms with Crippen LogP contribution in [0.1, 0.15) is 29.3 Å². The monoisotopic (exact) mass is 675 g/mol. The van der Waals surface area contributed by atoms with Crippen molar-refractivity contribution in [2.75, 3.05) is 10.2 Å². The van der Waals surface area contributed by atoms with Gasteiger partial charge in [0.2, 0.25) is 5.91 Å². The fraction of sp³-hybridized carbons (Fsp3) is 0.0789. The number of nitrogens with one attached hydrogen (secondary N) is 2. The average molecular weight is 676 g/mol. The zero-order chi connectivity index (χ0) is 32.8. The maximum absolute atomic E-state index is 14.1. The minimum absolute atomic E-state index is 0.0139. The summed E-state index contributed by atoms with van der Waals surface area (Å²) in [6, 6.07) is 39.0. The highest BCUT2D eigenvalue weighted by Crippen LogP contribution is 2.48. The van der Waals surface area contributed by atoms with Crippen LogP contribution in [0.15, 0.2) is 148 Å². The van der Waals surface area contributed by atoms with Gasteiger partial charge >= 0.3 is 0 Å². The number of para-hydroxylation sites is 2. The van der Waals surface area contributed by atoms with E-state index in [1.807, 2.05) is 78.6 Å². The number of carbonyl (C=O) groups excluding carboxylic acids is 3. The molecule has 1 heterocycles. The first-order valence-electron chi connectivity index (χ1n) is 15.0. The molecule has 0 saturated carbocycles. The lowest BCUT2D eigenvalue weighted by atomic mass is 10.1. The number of anilines is 3. The maximum atomic E-state index is 14.1. The number of thioether (sulfide) groups is 1. The first-order valence-corrected chi connectivity index (χ1v) is 17.1. The Morgan fingerprint density at radius 1 is 0.809 bits per heavy atom. The number of nitrogens with zero attached hydrogens (tertiary/aromatic N) is 1. The molecule has 5 aromatic carbocycles. The predicted octanol–water partition coefficient (Wildman–Crippen LogP) is 9.45. The molecule has 6 nitrogen and oxygen atoms in total. The highest BCUT2D eigenvalue weighted by Gasteiger charge is 2.32. The van der Waals surface area contributed by atoms with Crippen molar-refractivity contribution in [1.82, 2.24) is 5.32 Å². The molecule has 0 aromatic heterocycles. The molecular formula is C38H30ClN3O3S2. The number of hydrogen-bond donors (Lipinski definition) is 2. The standard InChI is InChI=1S/C38H30ClN3O3S2/c1-2-33(38(45)42-31-15-6-8-17-34(31)47-35-18-9-7-16-32(35)42)46-29-21-19-28(20-22-29)40-37(44)30(24-25-11-10-14-27(39)23-25)41-36(43)26-12-4-3-5-13-26/h3-24,33H,2H2,1H3,(H,40,44)(H,41,43)/b30-24-. The fourth-order valence-electron chi connectivity index (χ4n) is 5.08. The summed E-state index contributed by atoms with van der Waals surface area (Å²) in [4.78, 5) is 45.3. The molecule has 1 aliphatic heterocycles. The van der Waals surface area contributed by atoms with Crippen molar-refractivity contribution in [3.63, 3.8) is 0 Å². The lowest BCUT2D eigenvalue weighted by molar-refractivity contribution is -0.117. The Morgan fingerprint density at radius 3 is 2.09 bits per heavy atom. The average Bonchev–Trinajstić information content (AvgIpc) is 3.10. The molecule has 0 saturated heterocycles. The van der Waals surface area contributed by atoms with Gasteiger partial charge in [0.25, 0.3) is 11.8 Å². The molecule has 5 aromatic rings. The molecule has 234 valence electrons. The van der Waals surface area contributed by atoms with E-state index in [1.54, 1.807) is 78.5 Å². The number of carbonyl (C=O) groups is 3. The van der Waals surface area contributed by atoms with Gasteiger partial charge in [0.1, 0.15) is 5.70 Å². The number of amides is 3. The highest BCUT2D eigenvalue weighted by atomic mass is 35.5. The molecule has 47 heavy (non-hydrogen) atoms. The van der Waals surface area contributed by atoms with Crippen molar-refractivity contribution in [3.05, 3.63) is 149 Å². The number of hydrogen-bond acceptors (Lipinski definition) is 5. The van der Waals surface area contributed by atoms with E-state index in [-0.39, 0.29) is 16.9 Å². The van der Waals surface area contributed by atoms with Crippen molar-refractivity contribution in [1.29, 1.82) is 0 Å². The molecule has 2 N–H and O–H groups in total. The van der Waals surface area contributed by atoms with Crippen LogP contribution in [0.2, 0.25) is 5.02 Å². The first kappa shape index (κ1) is 32.2.